The fourth-order valence-corrected chi connectivity index (χ4v) is 2.67. The van der Waals surface area contributed by atoms with E-state index in [4.69, 9.17) is 4.52 Å². The highest BCUT2D eigenvalue weighted by molar-refractivity contribution is 5.90. The Morgan fingerprint density at radius 3 is 2.67 bits per heavy atom. The van der Waals surface area contributed by atoms with Crippen molar-refractivity contribution in [2.24, 2.45) is 0 Å². The number of carbonyl (C=O) groups is 1. The van der Waals surface area contributed by atoms with Gasteiger partial charge in [0.1, 0.15) is 11.4 Å². The van der Waals surface area contributed by atoms with Crippen LogP contribution in [0.2, 0.25) is 0 Å². The molecule has 0 saturated carbocycles. The van der Waals surface area contributed by atoms with Crippen molar-refractivity contribution in [2.75, 3.05) is 11.9 Å². The number of aromatic nitrogens is 1. The first kappa shape index (κ1) is 18.0. The van der Waals surface area contributed by atoms with Gasteiger partial charge in [-0.2, -0.15) is 0 Å². The van der Waals surface area contributed by atoms with Gasteiger partial charge in [0.15, 0.2) is 5.76 Å². The Bertz CT molecular complexity index is 653. The Morgan fingerprint density at radius 1 is 1.33 bits per heavy atom. The van der Waals surface area contributed by atoms with Gasteiger partial charge in [0.2, 0.25) is 0 Å². The van der Waals surface area contributed by atoms with Gasteiger partial charge in [-0.05, 0) is 25.8 Å². The van der Waals surface area contributed by atoms with Crippen molar-refractivity contribution in [3.8, 4) is 0 Å². The van der Waals surface area contributed by atoms with Crippen LogP contribution in [0.4, 0.5) is 10.5 Å². The molecule has 6 heteroatoms. The third-order valence-corrected chi connectivity index (χ3v) is 3.90. The predicted octanol–water partition coefficient (Wildman–Crippen LogP) is 3.22. The highest BCUT2D eigenvalue weighted by Gasteiger charge is 2.17. The molecular formula is C18H25N3O3. The van der Waals surface area contributed by atoms with Gasteiger partial charge in [0.05, 0.1) is 6.10 Å². The number of amides is 2. The molecular weight excluding hydrogens is 306 g/mol. The maximum absolute atomic E-state index is 12.2. The summed E-state index contributed by atoms with van der Waals surface area (Å²) in [6.07, 6.45) is 0.800. The van der Waals surface area contributed by atoms with Crippen molar-refractivity contribution in [3.63, 3.8) is 0 Å². The first-order chi connectivity index (χ1) is 11.5. The minimum atomic E-state index is -0.438. The Labute approximate surface area is 142 Å². The van der Waals surface area contributed by atoms with Gasteiger partial charge in [-0.25, -0.2) is 4.79 Å². The Morgan fingerprint density at radius 2 is 2.04 bits per heavy atom. The Hall–Kier alpha value is -2.34. The minimum absolute atomic E-state index is 0.0474. The van der Waals surface area contributed by atoms with E-state index in [0.29, 0.717) is 36.5 Å². The maximum atomic E-state index is 12.2. The van der Waals surface area contributed by atoms with Crippen LogP contribution in [0.5, 0.6) is 0 Å². The molecule has 2 unspecified atom stereocenters. The molecule has 1 aromatic carbocycles. The first-order valence-electron chi connectivity index (χ1n) is 8.24. The number of nitrogens with one attached hydrogen (secondary N) is 2. The van der Waals surface area contributed by atoms with E-state index >= 15 is 0 Å². The molecule has 0 radical (unpaired) electrons. The molecule has 3 N–H and O–H groups in total. The van der Waals surface area contributed by atoms with Gasteiger partial charge >= 0.3 is 6.03 Å². The van der Waals surface area contributed by atoms with Gasteiger partial charge in [0.25, 0.3) is 0 Å². The summed E-state index contributed by atoms with van der Waals surface area (Å²) >= 11 is 0. The van der Waals surface area contributed by atoms with Gasteiger partial charge in [-0.1, -0.05) is 42.4 Å². The monoisotopic (exact) mass is 331 g/mol. The number of hydrogen-bond acceptors (Lipinski definition) is 4. The highest BCUT2D eigenvalue weighted by Crippen LogP contribution is 2.22. The summed E-state index contributed by atoms with van der Waals surface area (Å²) < 4.78 is 5.17. The van der Waals surface area contributed by atoms with Crippen LogP contribution in [0.15, 0.2) is 34.9 Å². The van der Waals surface area contributed by atoms with E-state index in [-0.39, 0.29) is 11.9 Å². The second kappa shape index (κ2) is 8.49. The number of urea groups is 1. The van der Waals surface area contributed by atoms with Crippen molar-refractivity contribution >= 4 is 11.7 Å². The van der Waals surface area contributed by atoms with E-state index in [2.05, 4.69) is 15.8 Å². The number of carbonyl (C=O) groups excluding carboxylic acids is 1. The van der Waals surface area contributed by atoms with Crippen LogP contribution in [0.3, 0.4) is 0 Å². The fourth-order valence-electron chi connectivity index (χ4n) is 2.67. The lowest BCUT2D eigenvalue weighted by atomic mass is 9.93. The predicted molar refractivity (Wildman–Crippen MR) is 93.1 cm³/mol. The van der Waals surface area contributed by atoms with Crippen LogP contribution in [0.25, 0.3) is 0 Å². The van der Waals surface area contributed by atoms with Crippen molar-refractivity contribution in [3.05, 3.63) is 47.3 Å². The number of benzene rings is 1. The lowest BCUT2D eigenvalue weighted by Crippen LogP contribution is -2.33. The Balaban J connectivity index is 1.98. The minimum Gasteiger partial charge on any atom is -0.393 e. The van der Waals surface area contributed by atoms with Crippen molar-refractivity contribution in [2.45, 2.75) is 45.6 Å². The number of nitrogens with zero attached hydrogens (tertiary/aromatic N) is 1. The van der Waals surface area contributed by atoms with Crippen LogP contribution < -0.4 is 10.6 Å². The molecule has 1 aromatic heterocycles. The molecule has 0 aliphatic rings. The zero-order valence-electron chi connectivity index (χ0n) is 14.4. The normalized spacial score (nSPS) is 13.3. The molecule has 0 aliphatic carbocycles. The SMILES string of the molecule is CCc1onc(C)c1NC(=O)NCC(CC(C)O)c1ccccc1. The fraction of sp³-hybridized carbons (Fsp3) is 0.444. The van der Waals surface area contributed by atoms with E-state index < -0.39 is 6.10 Å². The van der Waals surface area contributed by atoms with E-state index in [1.54, 1.807) is 13.8 Å². The molecule has 0 aliphatic heterocycles. The topological polar surface area (TPSA) is 87.4 Å². The summed E-state index contributed by atoms with van der Waals surface area (Å²) in [5.74, 6) is 0.706. The number of aryl methyl sites for hydroxylation is 2. The number of rotatable bonds is 7. The zero-order chi connectivity index (χ0) is 17.5. The molecule has 24 heavy (non-hydrogen) atoms. The lowest BCUT2D eigenvalue weighted by Gasteiger charge is -2.19. The molecule has 0 saturated heterocycles. The summed E-state index contributed by atoms with van der Waals surface area (Å²) in [4.78, 5) is 12.2. The van der Waals surface area contributed by atoms with Crippen molar-refractivity contribution < 1.29 is 14.4 Å². The summed E-state index contributed by atoms with van der Waals surface area (Å²) in [6.45, 7) is 5.92. The van der Waals surface area contributed by atoms with E-state index in [1.807, 2.05) is 37.3 Å². The molecule has 2 aromatic rings. The van der Waals surface area contributed by atoms with Crippen LogP contribution in [0.1, 0.15) is 43.2 Å². The number of anilines is 1. The molecule has 2 rings (SSSR count). The second-order valence-electron chi connectivity index (χ2n) is 5.95. The van der Waals surface area contributed by atoms with Crippen LogP contribution in [-0.2, 0) is 6.42 Å². The third kappa shape index (κ3) is 4.83. The average Bonchev–Trinajstić information content (AvgIpc) is 2.92. The average molecular weight is 331 g/mol. The van der Waals surface area contributed by atoms with E-state index in [1.165, 1.54) is 0 Å². The maximum Gasteiger partial charge on any atom is 0.319 e. The van der Waals surface area contributed by atoms with Gasteiger partial charge in [0, 0.05) is 18.9 Å². The molecule has 2 amide bonds. The van der Waals surface area contributed by atoms with Gasteiger partial charge in [-0.15, -0.1) is 0 Å². The molecule has 6 nitrogen and oxygen atoms in total. The number of hydrogen-bond donors (Lipinski definition) is 3. The van der Waals surface area contributed by atoms with Crippen LogP contribution in [0, 0.1) is 6.92 Å². The molecule has 0 fully saturated rings. The lowest BCUT2D eigenvalue weighted by molar-refractivity contribution is 0.173. The van der Waals surface area contributed by atoms with E-state index in [0.717, 1.165) is 5.56 Å². The summed E-state index contributed by atoms with van der Waals surface area (Å²) in [6, 6.07) is 9.57. The zero-order valence-corrected chi connectivity index (χ0v) is 14.4. The smallest absolute Gasteiger partial charge is 0.319 e. The van der Waals surface area contributed by atoms with E-state index in [9.17, 15) is 9.90 Å². The molecule has 1 heterocycles. The largest absolute Gasteiger partial charge is 0.393 e. The summed E-state index contributed by atoms with van der Waals surface area (Å²) in [5, 5.41) is 19.3. The first-order valence-corrected chi connectivity index (χ1v) is 8.24. The van der Waals surface area contributed by atoms with Crippen LogP contribution >= 0.6 is 0 Å². The van der Waals surface area contributed by atoms with Gasteiger partial charge < -0.3 is 20.3 Å². The van der Waals surface area contributed by atoms with Crippen LogP contribution in [-0.4, -0.2) is 28.9 Å². The standard InChI is InChI=1S/C18H25N3O3/c1-4-16-17(13(3)21-24-16)20-18(23)19-11-15(10-12(2)22)14-8-6-5-7-9-14/h5-9,12,15,22H,4,10-11H2,1-3H3,(H2,19,20,23). The molecule has 0 spiro atoms. The molecule has 130 valence electrons. The third-order valence-electron chi connectivity index (χ3n) is 3.90. The molecule has 0 bridgehead atoms. The Kier molecular flexibility index (Phi) is 6.37. The second-order valence-corrected chi connectivity index (χ2v) is 5.95. The van der Waals surface area contributed by atoms with Crippen molar-refractivity contribution in [1.29, 1.82) is 0 Å². The number of aliphatic hydroxyl groups is 1. The summed E-state index contributed by atoms with van der Waals surface area (Å²) in [7, 11) is 0. The summed E-state index contributed by atoms with van der Waals surface area (Å²) in [5.41, 5.74) is 2.38. The van der Waals surface area contributed by atoms with Gasteiger partial charge in [-0.3, -0.25) is 0 Å². The van der Waals surface area contributed by atoms with Crippen molar-refractivity contribution in [1.82, 2.24) is 10.5 Å². The molecule has 2 atom stereocenters. The highest BCUT2D eigenvalue weighted by atomic mass is 16.5. The quantitative estimate of drug-likeness (QED) is 0.727. The number of aliphatic hydroxyl groups excluding tert-OH is 1.